The van der Waals surface area contributed by atoms with Crippen molar-refractivity contribution in [3.8, 4) is 0 Å². The van der Waals surface area contributed by atoms with Crippen LogP contribution in [0.5, 0.6) is 0 Å². The van der Waals surface area contributed by atoms with Crippen molar-refractivity contribution >= 4 is 11.3 Å². The minimum Gasteiger partial charge on any atom is -0.306 e. The smallest absolute Gasteiger partial charge is 0.110 e. The number of aryl methyl sites for hydroxylation is 3. The van der Waals surface area contributed by atoms with Crippen molar-refractivity contribution < 1.29 is 0 Å². The average Bonchev–Trinajstić information content (AvgIpc) is 2.75. The third kappa shape index (κ3) is 4.15. The molecule has 0 saturated carbocycles. The molecular weight excluding hydrogens is 264 g/mol. The molecule has 2 rings (SSSR count). The zero-order chi connectivity index (χ0) is 14.5. The summed E-state index contributed by atoms with van der Waals surface area (Å²) in [4.78, 5) is 6.06. The van der Waals surface area contributed by atoms with Gasteiger partial charge in [-0.25, -0.2) is 4.98 Å². The number of benzene rings is 1. The summed E-state index contributed by atoms with van der Waals surface area (Å²) >= 11 is 1.83. The standard InChI is InChI=1S/C17H24N2S/c1-12(2)18-16(17-19-13(3)14(4)20-17)11-10-15-8-6-5-7-9-15/h5-9,12,16,18H,10-11H2,1-4H3. The van der Waals surface area contributed by atoms with E-state index in [0.717, 1.165) is 12.8 Å². The normalized spacial score (nSPS) is 12.8. The van der Waals surface area contributed by atoms with Crippen molar-refractivity contribution in [2.75, 3.05) is 0 Å². The van der Waals surface area contributed by atoms with Gasteiger partial charge in [-0.2, -0.15) is 0 Å². The Morgan fingerprint density at radius 3 is 2.40 bits per heavy atom. The second-order valence-electron chi connectivity index (χ2n) is 5.59. The van der Waals surface area contributed by atoms with Gasteiger partial charge in [-0.1, -0.05) is 44.2 Å². The molecule has 1 N–H and O–H groups in total. The first-order chi connectivity index (χ1) is 9.56. The van der Waals surface area contributed by atoms with E-state index in [2.05, 4.69) is 63.3 Å². The Hall–Kier alpha value is -1.19. The summed E-state index contributed by atoms with van der Waals surface area (Å²) in [5, 5.41) is 4.88. The molecule has 1 aromatic carbocycles. The van der Waals surface area contributed by atoms with Crippen LogP contribution in [0.3, 0.4) is 0 Å². The van der Waals surface area contributed by atoms with Crippen molar-refractivity contribution in [3.63, 3.8) is 0 Å². The maximum absolute atomic E-state index is 4.73. The van der Waals surface area contributed by atoms with Crippen LogP contribution in [0.15, 0.2) is 30.3 Å². The molecule has 0 aliphatic heterocycles. The van der Waals surface area contributed by atoms with Gasteiger partial charge in [-0.3, -0.25) is 0 Å². The number of hydrogen-bond acceptors (Lipinski definition) is 3. The van der Waals surface area contributed by atoms with E-state index < -0.39 is 0 Å². The molecule has 108 valence electrons. The fraction of sp³-hybridized carbons (Fsp3) is 0.471. The minimum atomic E-state index is 0.354. The number of nitrogens with one attached hydrogen (secondary N) is 1. The summed E-state index contributed by atoms with van der Waals surface area (Å²) in [7, 11) is 0. The van der Waals surface area contributed by atoms with Crippen LogP contribution in [0.4, 0.5) is 0 Å². The highest BCUT2D eigenvalue weighted by atomic mass is 32.1. The summed E-state index contributed by atoms with van der Waals surface area (Å²) in [6, 6.07) is 11.5. The largest absolute Gasteiger partial charge is 0.306 e. The van der Waals surface area contributed by atoms with E-state index >= 15 is 0 Å². The molecule has 3 heteroatoms. The minimum absolute atomic E-state index is 0.354. The molecule has 1 aromatic heterocycles. The zero-order valence-corrected chi connectivity index (χ0v) is 13.6. The molecule has 1 unspecified atom stereocenters. The molecule has 0 bridgehead atoms. The molecule has 0 spiro atoms. The SMILES string of the molecule is Cc1nc(C(CCc2ccccc2)NC(C)C)sc1C. The van der Waals surface area contributed by atoms with Crippen LogP contribution >= 0.6 is 11.3 Å². The van der Waals surface area contributed by atoms with Crippen LogP contribution in [0.1, 0.15) is 47.5 Å². The Bertz CT molecular complexity index is 512. The zero-order valence-electron chi connectivity index (χ0n) is 12.8. The number of rotatable bonds is 6. The molecule has 0 saturated heterocycles. The van der Waals surface area contributed by atoms with Crippen LogP contribution in [-0.2, 0) is 6.42 Å². The predicted molar refractivity (Wildman–Crippen MR) is 87.4 cm³/mol. The summed E-state index contributed by atoms with van der Waals surface area (Å²) in [5.74, 6) is 0. The van der Waals surface area contributed by atoms with Crippen LogP contribution < -0.4 is 5.32 Å². The second kappa shape index (κ2) is 7.00. The molecule has 2 aromatic rings. The first kappa shape index (κ1) is 15.2. The van der Waals surface area contributed by atoms with E-state index in [1.807, 2.05) is 11.3 Å². The average molecular weight is 288 g/mol. The summed E-state index contributed by atoms with van der Waals surface area (Å²) in [5.41, 5.74) is 2.56. The molecule has 0 radical (unpaired) electrons. The summed E-state index contributed by atoms with van der Waals surface area (Å²) < 4.78 is 0. The lowest BCUT2D eigenvalue weighted by molar-refractivity contribution is 0.450. The number of aromatic nitrogens is 1. The van der Waals surface area contributed by atoms with Gasteiger partial charge in [-0.15, -0.1) is 11.3 Å². The van der Waals surface area contributed by atoms with E-state index in [9.17, 15) is 0 Å². The van der Waals surface area contributed by atoms with Crippen molar-refractivity contribution in [2.45, 2.75) is 52.6 Å². The highest BCUT2D eigenvalue weighted by Gasteiger charge is 2.17. The Morgan fingerprint density at radius 1 is 1.15 bits per heavy atom. The molecule has 1 heterocycles. The van der Waals surface area contributed by atoms with Crippen LogP contribution in [0, 0.1) is 13.8 Å². The molecule has 0 amide bonds. The summed E-state index contributed by atoms with van der Waals surface area (Å²) in [6.45, 7) is 8.64. The molecule has 20 heavy (non-hydrogen) atoms. The van der Waals surface area contributed by atoms with Crippen molar-refractivity contribution in [1.82, 2.24) is 10.3 Å². The van der Waals surface area contributed by atoms with Crippen LogP contribution in [-0.4, -0.2) is 11.0 Å². The first-order valence-corrected chi connectivity index (χ1v) is 8.12. The molecule has 2 nitrogen and oxygen atoms in total. The van der Waals surface area contributed by atoms with Gasteiger partial charge in [0, 0.05) is 10.9 Å². The molecule has 0 aliphatic rings. The lowest BCUT2D eigenvalue weighted by Gasteiger charge is -2.19. The van der Waals surface area contributed by atoms with E-state index in [0.29, 0.717) is 12.1 Å². The van der Waals surface area contributed by atoms with E-state index in [1.165, 1.54) is 21.1 Å². The van der Waals surface area contributed by atoms with Crippen molar-refractivity contribution in [2.24, 2.45) is 0 Å². The maximum Gasteiger partial charge on any atom is 0.110 e. The highest BCUT2D eigenvalue weighted by Crippen LogP contribution is 2.26. The van der Waals surface area contributed by atoms with Gasteiger partial charge < -0.3 is 5.32 Å². The quantitative estimate of drug-likeness (QED) is 0.850. The van der Waals surface area contributed by atoms with Gasteiger partial charge >= 0.3 is 0 Å². The fourth-order valence-corrected chi connectivity index (χ4v) is 3.30. The van der Waals surface area contributed by atoms with Gasteiger partial charge in [0.1, 0.15) is 5.01 Å². The van der Waals surface area contributed by atoms with E-state index in [4.69, 9.17) is 4.98 Å². The predicted octanol–water partition coefficient (Wildman–Crippen LogP) is 4.43. The van der Waals surface area contributed by atoms with Gasteiger partial charge in [0.2, 0.25) is 0 Å². The van der Waals surface area contributed by atoms with E-state index in [-0.39, 0.29) is 0 Å². The van der Waals surface area contributed by atoms with Crippen molar-refractivity contribution in [1.29, 1.82) is 0 Å². The molecule has 1 atom stereocenters. The lowest BCUT2D eigenvalue weighted by Crippen LogP contribution is -2.28. The Kier molecular flexibility index (Phi) is 5.32. The topological polar surface area (TPSA) is 24.9 Å². The van der Waals surface area contributed by atoms with Crippen molar-refractivity contribution in [3.05, 3.63) is 51.5 Å². The number of hydrogen-bond donors (Lipinski definition) is 1. The number of thiazole rings is 1. The monoisotopic (exact) mass is 288 g/mol. The maximum atomic E-state index is 4.73. The van der Waals surface area contributed by atoms with E-state index in [1.54, 1.807) is 0 Å². The molecule has 0 fully saturated rings. The van der Waals surface area contributed by atoms with Crippen LogP contribution in [0.25, 0.3) is 0 Å². The number of nitrogens with zero attached hydrogens (tertiary/aromatic N) is 1. The van der Waals surface area contributed by atoms with Gasteiger partial charge in [0.15, 0.2) is 0 Å². The Balaban J connectivity index is 2.07. The van der Waals surface area contributed by atoms with Gasteiger partial charge in [0.25, 0.3) is 0 Å². The van der Waals surface area contributed by atoms with Gasteiger partial charge in [-0.05, 0) is 32.3 Å². The summed E-state index contributed by atoms with van der Waals surface area (Å²) in [6.07, 6.45) is 2.18. The lowest BCUT2D eigenvalue weighted by atomic mass is 10.0. The van der Waals surface area contributed by atoms with Crippen LogP contribution in [0.2, 0.25) is 0 Å². The fourth-order valence-electron chi connectivity index (χ4n) is 2.28. The Labute approximate surface area is 126 Å². The second-order valence-corrected chi connectivity index (χ2v) is 6.83. The molecular formula is C17H24N2S. The Morgan fingerprint density at radius 2 is 1.85 bits per heavy atom. The van der Waals surface area contributed by atoms with Gasteiger partial charge in [0.05, 0.1) is 11.7 Å². The third-order valence-corrected chi connectivity index (χ3v) is 4.63. The third-order valence-electron chi connectivity index (χ3n) is 3.44. The first-order valence-electron chi connectivity index (χ1n) is 7.30. The highest BCUT2D eigenvalue weighted by molar-refractivity contribution is 7.11. The molecule has 0 aliphatic carbocycles.